The highest BCUT2D eigenvalue weighted by Crippen LogP contribution is 2.34. The molecule has 0 radical (unpaired) electrons. The van der Waals surface area contributed by atoms with Gasteiger partial charge in [0.25, 0.3) is 11.8 Å². The number of hydrogen-bond acceptors (Lipinski definition) is 4. The van der Waals surface area contributed by atoms with Crippen molar-refractivity contribution in [2.45, 2.75) is 13.0 Å². The number of ether oxygens (including phenoxy) is 1. The first kappa shape index (κ1) is 21.0. The summed E-state index contributed by atoms with van der Waals surface area (Å²) in [6, 6.07) is 13.0. The summed E-state index contributed by atoms with van der Waals surface area (Å²) in [5, 5.41) is 2.69. The lowest BCUT2D eigenvalue weighted by atomic mass is 10.1. The molecule has 1 N–H and O–H groups in total. The topological polar surface area (TPSA) is 75.9 Å². The summed E-state index contributed by atoms with van der Waals surface area (Å²) in [6.07, 6.45) is 0. The molecule has 0 fully saturated rings. The van der Waals surface area contributed by atoms with E-state index in [4.69, 9.17) is 11.3 Å². The lowest BCUT2D eigenvalue weighted by molar-refractivity contribution is -0.120. The minimum absolute atomic E-state index is 0.0833. The van der Waals surface area contributed by atoms with Crippen molar-refractivity contribution in [3.8, 4) is 17.0 Å². The average Bonchev–Trinajstić information content (AvgIpc) is 2.91. The molecule has 160 valence electrons. The van der Waals surface area contributed by atoms with Crippen LogP contribution in [0.4, 0.5) is 15.8 Å². The zero-order chi connectivity index (χ0) is 22.8. The maximum absolute atomic E-state index is 13.3. The highest BCUT2D eigenvalue weighted by atomic mass is 19.1. The second-order valence-corrected chi connectivity index (χ2v) is 7.37. The number of carbonyl (C=O) groups is 2. The first-order chi connectivity index (χ1) is 15.4. The highest BCUT2D eigenvalue weighted by molar-refractivity contribution is 6.03. The number of pyridine rings is 1. The standard InChI is InChI=1S/C24H19FN4O3/c1-14-4-10-18(27-22(14)15-5-7-16(25)8-6-15)23(30)28-19-13-32-21-12-17(26-2)9-11-20(21)29(3)24(19)31/h4-12,19H,13H2,1,3H3,(H,28,30)/t19-/m0/s1. The average molecular weight is 430 g/mol. The molecule has 0 bridgehead atoms. The molecular weight excluding hydrogens is 411 g/mol. The number of rotatable bonds is 3. The number of amides is 2. The Labute approximate surface area is 184 Å². The van der Waals surface area contributed by atoms with Gasteiger partial charge in [-0.05, 0) is 55.0 Å². The molecule has 0 spiro atoms. The number of benzene rings is 2. The van der Waals surface area contributed by atoms with Crippen LogP contribution in [-0.2, 0) is 4.79 Å². The van der Waals surface area contributed by atoms with E-state index in [0.29, 0.717) is 28.4 Å². The number of aromatic nitrogens is 1. The Kier molecular flexibility index (Phi) is 5.56. The number of hydrogen-bond donors (Lipinski definition) is 1. The monoisotopic (exact) mass is 430 g/mol. The van der Waals surface area contributed by atoms with E-state index in [1.807, 2.05) is 6.92 Å². The first-order valence-corrected chi connectivity index (χ1v) is 9.83. The fourth-order valence-corrected chi connectivity index (χ4v) is 3.45. The number of fused-ring (bicyclic) bond motifs is 1. The Hall–Kier alpha value is -4.25. The molecule has 1 aliphatic heterocycles. The molecule has 2 amide bonds. The normalized spacial score (nSPS) is 15.2. The van der Waals surface area contributed by atoms with Crippen LogP contribution in [0.25, 0.3) is 16.1 Å². The van der Waals surface area contributed by atoms with Gasteiger partial charge in [-0.3, -0.25) is 9.59 Å². The lowest BCUT2D eigenvalue weighted by Gasteiger charge is -2.20. The number of nitrogens with zero attached hydrogens (tertiary/aromatic N) is 3. The predicted molar refractivity (Wildman–Crippen MR) is 117 cm³/mol. The molecule has 2 aromatic carbocycles. The molecule has 2 heterocycles. The van der Waals surface area contributed by atoms with Gasteiger partial charge in [0.05, 0.1) is 18.0 Å². The zero-order valence-corrected chi connectivity index (χ0v) is 17.4. The molecule has 8 heteroatoms. The van der Waals surface area contributed by atoms with Crippen LogP contribution in [-0.4, -0.2) is 36.5 Å². The summed E-state index contributed by atoms with van der Waals surface area (Å²) < 4.78 is 19.0. The number of nitrogens with one attached hydrogen (secondary N) is 1. The van der Waals surface area contributed by atoms with Crippen LogP contribution in [0.5, 0.6) is 5.75 Å². The maximum atomic E-state index is 13.3. The number of anilines is 1. The van der Waals surface area contributed by atoms with Crippen LogP contribution in [0, 0.1) is 19.3 Å². The molecule has 1 aromatic heterocycles. The van der Waals surface area contributed by atoms with Crippen LogP contribution < -0.4 is 15.0 Å². The summed E-state index contributed by atoms with van der Waals surface area (Å²) in [4.78, 5) is 35.0. The van der Waals surface area contributed by atoms with E-state index < -0.39 is 11.9 Å². The molecule has 32 heavy (non-hydrogen) atoms. The van der Waals surface area contributed by atoms with Crippen molar-refractivity contribution < 1.29 is 18.7 Å². The predicted octanol–water partition coefficient (Wildman–Crippen LogP) is 3.90. The second kappa shape index (κ2) is 8.47. The van der Waals surface area contributed by atoms with Gasteiger partial charge in [-0.2, -0.15) is 0 Å². The molecule has 3 aromatic rings. The van der Waals surface area contributed by atoms with Gasteiger partial charge in [0.1, 0.15) is 29.9 Å². The number of aryl methyl sites for hydroxylation is 1. The number of carbonyl (C=O) groups excluding carboxylic acids is 2. The van der Waals surface area contributed by atoms with E-state index in [1.54, 1.807) is 49.5 Å². The van der Waals surface area contributed by atoms with Crippen LogP contribution in [0.15, 0.2) is 54.6 Å². The van der Waals surface area contributed by atoms with E-state index in [0.717, 1.165) is 5.56 Å². The lowest BCUT2D eigenvalue weighted by Crippen LogP contribution is -2.49. The molecule has 0 saturated heterocycles. The molecule has 0 saturated carbocycles. The van der Waals surface area contributed by atoms with Crippen molar-refractivity contribution in [1.29, 1.82) is 0 Å². The van der Waals surface area contributed by atoms with E-state index in [9.17, 15) is 14.0 Å². The van der Waals surface area contributed by atoms with Crippen LogP contribution >= 0.6 is 0 Å². The van der Waals surface area contributed by atoms with Crippen molar-refractivity contribution in [1.82, 2.24) is 10.3 Å². The molecule has 7 nitrogen and oxygen atoms in total. The van der Waals surface area contributed by atoms with Gasteiger partial charge in [-0.1, -0.05) is 12.1 Å². The van der Waals surface area contributed by atoms with Crippen LogP contribution in [0.3, 0.4) is 0 Å². The van der Waals surface area contributed by atoms with E-state index in [1.165, 1.54) is 17.0 Å². The molecule has 1 atom stereocenters. The summed E-state index contributed by atoms with van der Waals surface area (Å²) in [6.45, 7) is 8.91. The van der Waals surface area contributed by atoms with Gasteiger partial charge in [0, 0.05) is 12.6 Å². The Bertz CT molecular complexity index is 1250. The molecule has 0 aliphatic carbocycles. The van der Waals surface area contributed by atoms with Crippen molar-refractivity contribution in [2.75, 3.05) is 18.6 Å². The van der Waals surface area contributed by atoms with Crippen molar-refractivity contribution in [3.63, 3.8) is 0 Å². The second-order valence-electron chi connectivity index (χ2n) is 7.37. The summed E-state index contributed by atoms with van der Waals surface area (Å²) in [5.74, 6) is -0.839. The van der Waals surface area contributed by atoms with Gasteiger partial charge in [0.15, 0.2) is 5.69 Å². The van der Waals surface area contributed by atoms with Gasteiger partial charge in [0.2, 0.25) is 0 Å². The van der Waals surface area contributed by atoms with Crippen molar-refractivity contribution in [3.05, 3.63) is 83.1 Å². The number of halogens is 1. The summed E-state index contributed by atoms with van der Waals surface area (Å²) >= 11 is 0. The summed E-state index contributed by atoms with van der Waals surface area (Å²) in [7, 11) is 1.59. The smallest absolute Gasteiger partial charge is 0.270 e. The van der Waals surface area contributed by atoms with E-state index in [-0.39, 0.29) is 24.0 Å². The minimum Gasteiger partial charge on any atom is -0.490 e. The largest absolute Gasteiger partial charge is 0.490 e. The number of likely N-dealkylation sites (N-methyl/N-ethyl adjacent to an activating group) is 1. The third kappa shape index (κ3) is 4.01. The Morgan fingerprint density at radius 3 is 2.69 bits per heavy atom. The fourth-order valence-electron chi connectivity index (χ4n) is 3.45. The minimum atomic E-state index is -0.936. The van der Waals surface area contributed by atoms with Crippen LogP contribution in [0.1, 0.15) is 16.1 Å². The quantitative estimate of drug-likeness (QED) is 0.640. The molecule has 4 rings (SSSR count). The Morgan fingerprint density at radius 2 is 1.97 bits per heavy atom. The van der Waals surface area contributed by atoms with E-state index in [2.05, 4.69) is 15.1 Å². The van der Waals surface area contributed by atoms with E-state index >= 15 is 0 Å². The van der Waals surface area contributed by atoms with Crippen molar-refractivity contribution >= 4 is 23.2 Å². The highest BCUT2D eigenvalue weighted by Gasteiger charge is 2.31. The van der Waals surface area contributed by atoms with Gasteiger partial charge in [-0.25, -0.2) is 14.2 Å². The molecule has 1 aliphatic rings. The third-order valence-corrected chi connectivity index (χ3v) is 5.22. The SMILES string of the molecule is [C-]#[N+]c1ccc2c(c1)OC[C@H](NC(=O)c1ccc(C)c(-c3ccc(F)cc3)n1)C(=O)N2C. The van der Waals surface area contributed by atoms with Gasteiger partial charge < -0.3 is 15.0 Å². The fraction of sp³-hybridized carbons (Fsp3) is 0.167. The first-order valence-electron chi connectivity index (χ1n) is 9.83. The maximum Gasteiger partial charge on any atom is 0.270 e. The van der Waals surface area contributed by atoms with Gasteiger partial charge in [-0.15, -0.1) is 0 Å². The zero-order valence-electron chi connectivity index (χ0n) is 17.4. The van der Waals surface area contributed by atoms with Crippen LogP contribution in [0.2, 0.25) is 0 Å². The van der Waals surface area contributed by atoms with Gasteiger partial charge >= 0.3 is 0 Å². The Balaban J connectivity index is 1.56. The summed E-state index contributed by atoms with van der Waals surface area (Å²) in [5.41, 5.74) is 3.10. The van der Waals surface area contributed by atoms with Crippen molar-refractivity contribution in [2.24, 2.45) is 0 Å². The third-order valence-electron chi connectivity index (χ3n) is 5.22. The molecular formula is C24H19FN4O3. The molecule has 0 unspecified atom stereocenters. The Morgan fingerprint density at radius 1 is 1.22 bits per heavy atom.